The average molecular weight is 183 g/mol. The molecule has 1 aliphatic rings. The van der Waals surface area contributed by atoms with Crippen LogP contribution in [-0.4, -0.2) is 12.1 Å². The molecule has 0 aromatic carbocycles. The summed E-state index contributed by atoms with van der Waals surface area (Å²) in [5, 5.41) is 3.66. The second-order valence-corrected chi connectivity index (χ2v) is 5.28. The van der Waals surface area contributed by atoms with Gasteiger partial charge in [0.25, 0.3) is 0 Å². The molecular formula is C12H25N. The number of piperidine rings is 1. The molecule has 0 saturated carbocycles. The molecular weight excluding hydrogens is 158 g/mol. The smallest absolute Gasteiger partial charge is 0.00698 e. The lowest BCUT2D eigenvalue weighted by molar-refractivity contribution is 0.0762. The molecule has 4 unspecified atom stereocenters. The summed E-state index contributed by atoms with van der Waals surface area (Å²) in [5.74, 6) is 3.32. The van der Waals surface area contributed by atoms with Gasteiger partial charge in [-0.25, -0.2) is 0 Å². The average Bonchev–Trinajstić information content (AvgIpc) is 2.01. The van der Waals surface area contributed by atoms with E-state index in [4.69, 9.17) is 0 Å². The first-order valence-corrected chi connectivity index (χ1v) is 5.71. The van der Waals surface area contributed by atoms with Crippen molar-refractivity contribution in [2.45, 2.75) is 53.6 Å². The monoisotopic (exact) mass is 183 g/mol. The molecule has 1 saturated heterocycles. The topological polar surface area (TPSA) is 12.0 Å². The van der Waals surface area contributed by atoms with Crippen molar-refractivity contribution in [3.8, 4) is 0 Å². The molecule has 0 aliphatic carbocycles. The fourth-order valence-corrected chi connectivity index (χ4v) is 3.08. The summed E-state index contributed by atoms with van der Waals surface area (Å²) < 4.78 is 0. The van der Waals surface area contributed by atoms with Crippen LogP contribution in [0.25, 0.3) is 0 Å². The van der Waals surface area contributed by atoms with Gasteiger partial charge in [0.2, 0.25) is 0 Å². The van der Waals surface area contributed by atoms with Crippen molar-refractivity contribution in [2.24, 2.45) is 23.7 Å². The predicted molar refractivity (Wildman–Crippen MR) is 58.7 cm³/mol. The van der Waals surface area contributed by atoms with Gasteiger partial charge in [0.1, 0.15) is 0 Å². The van der Waals surface area contributed by atoms with Crippen LogP contribution >= 0.6 is 0 Å². The quantitative estimate of drug-likeness (QED) is 0.659. The third-order valence-corrected chi connectivity index (χ3v) is 4.09. The Morgan fingerprint density at radius 1 is 0.846 bits per heavy atom. The summed E-state index contributed by atoms with van der Waals surface area (Å²) >= 11 is 0. The van der Waals surface area contributed by atoms with Gasteiger partial charge in [0.15, 0.2) is 0 Å². The molecule has 0 aromatic heterocycles. The highest BCUT2D eigenvalue weighted by Crippen LogP contribution is 2.36. The molecule has 78 valence electrons. The Morgan fingerprint density at radius 3 is 1.54 bits per heavy atom. The van der Waals surface area contributed by atoms with Crippen LogP contribution in [0.5, 0.6) is 0 Å². The van der Waals surface area contributed by atoms with Gasteiger partial charge in [-0.05, 0) is 37.5 Å². The molecule has 0 bridgehead atoms. The molecule has 1 aliphatic heterocycles. The molecule has 1 rings (SSSR count). The zero-order chi connectivity index (χ0) is 10.2. The number of rotatable bonds is 1. The Hall–Kier alpha value is -0.0400. The molecule has 0 radical (unpaired) electrons. The molecule has 1 nitrogen and oxygen atoms in total. The van der Waals surface area contributed by atoms with Crippen molar-refractivity contribution >= 4 is 0 Å². The van der Waals surface area contributed by atoms with E-state index in [2.05, 4.69) is 46.9 Å². The molecule has 0 spiro atoms. The lowest BCUT2D eigenvalue weighted by Crippen LogP contribution is -2.54. The van der Waals surface area contributed by atoms with Crippen molar-refractivity contribution in [1.82, 2.24) is 5.32 Å². The van der Waals surface area contributed by atoms with E-state index in [0.29, 0.717) is 12.1 Å². The van der Waals surface area contributed by atoms with Crippen LogP contribution in [-0.2, 0) is 0 Å². The van der Waals surface area contributed by atoms with Gasteiger partial charge in [-0.15, -0.1) is 0 Å². The molecule has 0 aromatic rings. The maximum Gasteiger partial charge on any atom is 0.00698 e. The largest absolute Gasteiger partial charge is 0.311 e. The minimum Gasteiger partial charge on any atom is -0.311 e. The van der Waals surface area contributed by atoms with Crippen molar-refractivity contribution in [1.29, 1.82) is 0 Å². The van der Waals surface area contributed by atoms with E-state index in [0.717, 1.165) is 23.7 Å². The Morgan fingerprint density at radius 2 is 1.23 bits per heavy atom. The number of hydrogen-bond donors (Lipinski definition) is 1. The summed E-state index contributed by atoms with van der Waals surface area (Å²) in [6.45, 7) is 14.2. The van der Waals surface area contributed by atoms with Crippen LogP contribution in [0.4, 0.5) is 0 Å². The molecule has 4 atom stereocenters. The highest BCUT2D eigenvalue weighted by molar-refractivity contribution is 4.91. The van der Waals surface area contributed by atoms with Crippen molar-refractivity contribution in [3.63, 3.8) is 0 Å². The normalized spacial score (nSPS) is 46.8. The van der Waals surface area contributed by atoms with Crippen LogP contribution in [0.1, 0.15) is 41.5 Å². The van der Waals surface area contributed by atoms with Gasteiger partial charge in [0, 0.05) is 12.1 Å². The summed E-state index contributed by atoms with van der Waals surface area (Å²) in [6, 6.07) is 1.36. The lowest BCUT2D eigenvalue weighted by atomic mass is 9.68. The van der Waals surface area contributed by atoms with Gasteiger partial charge in [-0.3, -0.25) is 0 Å². The second kappa shape index (κ2) is 4.00. The lowest BCUT2D eigenvalue weighted by Gasteiger charge is -2.45. The zero-order valence-corrected chi connectivity index (χ0v) is 9.96. The summed E-state index contributed by atoms with van der Waals surface area (Å²) in [6.07, 6.45) is 0. The molecule has 1 fully saturated rings. The zero-order valence-electron chi connectivity index (χ0n) is 9.96. The molecule has 1 heteroatoms. The van der Waals surface area contributed by atoms with E-state index in [1.165, 1.54) is 0 Å². The maximum absolute atomic E-state index is 3.66. The van der Waals surface area contributed by atoms with Crippen LogP contribution in [0.3, 0.4) is 0 Å². The third kappa shape index (κ3) is 2.07. The van der Waals surface area contributed by atoms with Crippen molar-refractivity contribution < 1.29 is 0 Å². The van der Waals surface area contributed by atoms with E-state index in [-0.39, 0.29) is 0 Å². The van der Waals surface area contributed by atoms with Crippen LogP contribution in [0.15, 0.2) is 0 Å². The minimum atomic E-state index is 0.679. The Kier molecular flexibility index (Phi) is 3.39. The number of nitrogens with one attached hydrogen (secondary N) is 1. The van der Waals surface area contributed by atoms with Gasteiger partial charge in [-0.1, -0.05) is 27.7 Å². The molecule has 13 heavy (non-hydrogen) atoms. The van der Waals surface area contributed by atoms with E-state index < -0.39 is 0 Å². The van der Waals surface area contributed by atoms with Crippen LogP contribution in [0.2, 0.25) is 0 Å². The molecule has 0 amide bonds. The predicted octanol–water partition coefficient (Wildman–Crippen LogP) is 2.91. The highest BCUT2D eigenvalue weighted by atomic mass is 15.0. The summed E-state index contributed by atoms with van der Waals surface area (Å²) in [7, 11) is 0. The third-order valence-electron chi connectivity index (χ3n) is 4.09. The fraction of sp³-hybridized carbons (Fsp3) is 1.00. The Balaban J connectivity index is 2.76. The first-order valence-electron chi connectivity index (χ1n) is 5.71. The second-order valence-electron chi connectivity index (χ2n) is 5.28. The standard InChI is InChI=1S/C12H25N/c1-7(2)12-8(3)10(5)13-11(6)9(12)4/h7-13H,1-6H3. The highest BCUT2D eigenvalue weighted by Gasteiger charge is 2.37. The fourth-order valence-electron chi connectivity index (χ4n) is 3.08. The van der Waals surface area contributed by atoms with Gasteiger partial charge < -0.3 is 5.32 Å². The summed E-state index contributed by atoms with van der Waals surface area (Å²) in [5.41, 5.74) is 0. The van der Waals surface area contributed by atoms with Crippen molar-refractivity contribution in [3.05, 3.63) is 0 Å². The molecule has 1 N–H and O–H groups in total. The van der Waals surface area contributed by atoms with Gasteiger partial charge >= 0.3 is 0 Å². The summed E-state index contributed by atoms with van der Waals surface area (Å²) in [4.78, 5) is 0. The minimum absolute atomic E-state index is 0.679. The van der Waals surface area contributed by atoms with E-state index in [9.17, 15) is 0 Å². The SMILES string of the molecule is CC(C)C1C(C)C(C)NC(C)C1C. The maximum atomic E-state index is 3.66. The van der Waals surface area contributed by atoms with Crippen LogP contribution < -0.4 is 5.32 Å². The first-order chi connectivity index (χ1) is 5.95. The van der Waals surface area contributed by atoms with E-state index >= 15 is 0 Å². The van der Waals surface area contributed by atoms with E-state index in [1.807, 2.05) is 0 Å². The van der Waals surface area contributed by atoms with Crippen LogP contribution in [0, 0.1) is 23.7 Å². The first kappa shape index (κ1) is 11.0. The van der Waals surface area contributed by atoms with E-state index in [1.54, 1.807) is 0 Å². The number of hydrogen-bond acceptors (Lipinski definition) is 1. The van der Waals surface area contributed by atoms with Crippen molar-refractivity contribution in [2.75, 3.05) is 0 Å². The van der Waals surface area contributed by atoms with Gasteiger partial charge in [-0.2, -0.15) is 0 Å². The van der Waals surface area contributed by atoms with Gasteiger partial charge in [0.05, 0.1) is 0 Å². The Bertz CT molecular complexity index is 151. The molecule has 1 heterocycles. The Labute approximate surface area is 83.3 Å².